The molecule has 0 amide bonds. The molecule has 0 radical (unpaired) electrons. The van der Waals surface area contributed by atoms with Gasteiger partial charge in [-0.2, -0.15) is 13.2 Å². The summed E-state index contributed by atoms with van der Waals surface area (Å²) in [5.41, 5.74) is 0.0315. The molecule has 0 heterocycles. The summed E-state index contributed by atoms with van der Waals surface area (Å²) < 4.78 is 44.0. The summed E-state index contributed by atoms with van der Waals surface area (Å²) >= 11 is 0. The third-order valence-electron chi connectivity index (χ3n) is 3.68. The normalized spacial score (nSPS) is 18.9. The Balaban J connectivity index is 2.28. The zero-order valence-corrected chi connectivity index (χ0v) is 11.7. The van der Waals surface area contributed by atoms with Crippen molar-refractivity contribution in [1.82, 2.24) is 5.32 Å². The number of benzene rings is 1. The van der Waals surface area contributed by atoms with E-state index in [-0.39, 0.29) is 12.1 Å². The Morgan fingerprint density at radius 1 is 1.35 bits per heavy atom. The van der Waals surface area contributed by atoms with Crippen LogP contribution in [0.3, 0.4) is 0 Å². The molecule has 2 atom stereocenters. The molecule has 1 fully saturated rings. The van der Waals surface area contributed by atoms with Crippen LogP contribution in [0.15, 0.2) is 24.3 Å². The van der Waals surface area contributed by atoms with Crippen LogP contribution in [0.1, 0.15) is 36.9 Å². The van der Waals surface area contributed by atoms with Crippen LogP contribution < -0.4 is 5.32 Å². The molecule has 5 heteroatoms. The predicted octanol–water partition coefficient (Wildman–Crippen LogP) is 3.78. The lowest BCUT2D eigenvalue weighted by molar-refractivity contribution is -0.137. The van der Waals surface area contributed by atoms with Gasteiger partial charge in [-0.15, -0.1) is 0 Å². The van der Waals surface area contributed by atoms with Gasteiger partial charge in [-0.25, -0.2) is 0 Å². The van der Waals surface area contributed by atoms with E-state index in [2.05, 4.69) is 5.32 Å². The number of hydrogen-bond donors (Lipinski definition) is 1. The Bertz CT molecular complexity index is 443. The first kappa shape index (κ1) is 15.3. The fourth-order valence-corrected chi connectivity index (χ4v) is 2.58. The van der Waals surface area contributed by atoms with E-state index in [4.69, 9.17) is 4.74 Å². The highest BCUT2D eigenvalue weighted by Crippen LogP contribution is 2.40. The maximum absolute atomic E-state index is 12.8. The van der Waals surface area contributed by atoms with Gasteiger partial charge < -0.3 is 10.1 Å². The minimum atomic E-state index is -4.31. The van der Waals surface area contributed by atoms with E-state index < -0.39 is 11.7 Å². The Morgan fingerprint density at radius 3 is 2.55 bits per heavy atom. The number of nitrogens with one attached hydrogen (secondary N) is 1. The first-order valence-electron chi connectivity index (χ1n) is 6.90. The predicted molar refractivity (Wildman–Crippen MR) is 71.4 cm³/mol. The van der Waals surface area contributed by atoms with Gasteiger partial charge in [-0.1, -0.05) is 19.1 Å². The van der Waals surface area contributed by atoms with E-state index >= 15 is 0 Å². The summed E-state index contributed by atoms with van der Waals surface area (Å²) in [5, 5.41) is 3.26. The molecule has 1 N–H and O–H groups in total. The number of rotatable bonds is 6. The monoisotopic (exact) mass is 287 g/mol. The molecule has 0 aromatic heterocycles. The second-order valence-corrected chi connectivity index (χ2v) is 5.20. The summed E-state index contributed by atoms with van der Waals surface area (Å²) in [6.07, 6.45) is -2.22. The average molecular weight is 287 g/mol. The summed E-state index contributed by atoms with van der Waals surface area (Å²) in [5.74, 6) is 0.443. The van der Waals surface area contributed by atoms with Crippen molar-refractivity contribution in [3.8, 4) is 0 Å². The van der Waals surface area contributed by atoms with E-state index in [1.54, 1.807) is 13.2 Å². The summed E-state index contributed by atoms with van der Waals surface area (Å²) in [6, 6.07) is 5.33. The number of halogens is 3. The van der Waals surface area contributed by atoms with Gasteiger partial charge in [0.1, 0.15) is 0 Å². The van der Waals surface area contributed by atoms with E-state index in [0.717, 1.165) is 18.9 Å². The summed E-state index contributed by atoms with van der Waals surface area (Å²) in [4.78, 5) is 0. The minimum absolute atomic E-state index is 0.0709. The Morgan fingerprint density at radius 2 is 2.05 bits per heavy atom. The molecule has 20 heavy (non-hydrogen) atoms. The van der Waals surface area contributed by atoms with E-state index in [9.17, 15) is 13.2 Å². The molecule has 2 rings (SSSR count). The second kappa shape index (κ2) is 6.14. The molecule has 112 valence electrons. The molecule has 1 aromatic rings. The highest BCUT2D eigenvalue weighted by molar-refractivity contribution is 5.29. The van der Waals surface area contributed by atoms with E-state index in [1.165, 1.54) is 12.1 Å². The van der Waals surface area contributed by atoms with Crippen LogP contribution in [0, 0.1) is 5.92 Å². The van der Waals surface area contributed by atoms with Crippen molar-refractivity contribution in [3.05, 3.63) is 35.4 Å². The zero-order chi connectivity index (χ0) is 14.8. The number of hydrogen-bond acceptors (Lipinski definition) is 2. The molecule has 0 aliphatic heterocycles. The standard InChI is InChI=1S/C15H20F3NO/c1-3-19-13(14(20-2)10-7-8-10)11-5-4-6-12(9-11)15(16,17)18/h4-6,9-10,13-14,19H,3,7-8H2,1-2H3. The number of ether oxygens (including phenoxy) is 1. The van der Waals surface area contributed by atoms with Gasteiger partial charge in [-0.05, 0) is 43.0 Å². The quantitative estimate of drug-likeness (QED) is 0.859. The maximum Gasteiger partial charge on any atom is 0.416 e. The third-order valence-corrected chi connectivity index (χ3v) is 3.68. The molecule has 0 saturated heterocycles. The van der Waals surface area contributed by atoms with Crippen molar-refractivity contribution in [1.29, 1.82) is 0 Å². The first-order valence-corrected chi connectivity index (χ1v) is 6.90. The molecule has 1 aliphatic rings. The topological polar surface area (TPSA) is 21.3 Å². The fourth-order valence-electron chi connectivity index (χ4n) is 2.58. The van der Waals surface area contributed by atoms with Gasteiger partial charge in [0.05, 0.1) is 17.7 Å². The maximum atomic E-state index is 12.8. The van der Waals surface area contributed by atoms with Crippen LogP contribution in [-0.4, -0.2) is 19.8 Å². The largest absolute Gasteiger partial charge is 0.416 e. The molecule has 0 bridgehead atoms. The lowest BCUT2D eigenvalue weighted by Gasteiger charge is -2.27. The van der Waals surface area contributed by atoms with E-state index in [1.807, 2.05) is 6.92 Å². The Labute approximate surface area is 117 Å². The van der Waals surface area contributed by atoms with Gasteiger partial charge in [0.25, 0.3) is 0 Å². The van der Waals surface area contributed by atoms with Crippen LogP contribution in [-0.2, 0) is 10.9 Å². The van der Waals surface area contributed by atoms with Crippen molar-refractivity contribution >= 4 is 0 Å². The second-order valence-electron chi connectivity index (χ2n) is 5.20. The van der Waals surface area contributed by atoms with Crippen molar-refractivity contribution in [2.24, 2.45) is 5.92 Å². The van der Waals surface area contributed by atoms with Gasteiger partial charge in [0.2, 0.25) is 0 Å². The average Bonchev–Trinajstić information content (AvgIpc) is 3.22. The molecule has 1 aromatic carbocycles. The zero-order valence-electron chi connectivity index (χ0n) is 11.7. The first-order chi connectivity index (χ1) is 9.47. The number of methoxy groups -OCH3 is 1. The smallest absolute Gasteiger partial charge is 0.379 e. The summed E-state index contributed by atoms with van der Waals surface area (Å²) in [7, 11) is 1.63. The van der Waals surface area contributed by atoms with E-state index in [0.29, 0.717) is 18.0 Å². The highest BCUT2D eigenvalue weighted by Gasteiger charge is 2.38. The van der Waals surface area contributed by atoms with Crippen LogP contribution in [0.4, 0.5) is 13.2 Å². The lowest BCUT2D eigenvalue weighted by atomic mass is 9.96. The highest BCUT2D eigenvalue weighted by atomic mass is 19.4. The molecule has 1 aliphatic carbocycles. The fraction of sp³-hybridized carbons (Fsp3) is 0.600. The van der Waals surface area contributed by atoms with Crippen molar-refractivity contribution < 1.29 is 17.9 Å². The van der Waals surface area contributed by atoms with Crippen LogP contribution >= 0.6 is 0 Å². The third kappa shape index (κ3) is 3.52. The Kier molecular flexibility index (Phi) is 4.70. The van der Waals surface area contributed by atoms with Crippen LogP contribution in [0.25, 0.3) is 0 Å². The summed E-state index contributed by atoms with van der Waals surface area (Å²) in [6.45, 7) is 2.63. The molecule has 0 spiro atoms. The SMILES string of the molecule is CCNC(c1cccc(C(F)(F)F)c1)C(OC)C1CC1. The molecule has 2 unspecified atom stereocenters. The van der Waals surface area contributed by atoms with Gasteiger partial charge in [0.15, 0.2) is 0 Å². The van der Waals surface area contributed by atoms with Gasteiger partial charge in [-0.3, -0.25) is 0 Å². The van der Waals surface area contributed by atoms with Gasteiger partial charge in [0, 0.05) is 7.11 Å². The van der Waals surface area contributed by atoms with Crippen molar-refractivity contribution in [3.63, 3.8) is 0 Å². The number of alkyl halides is 3. The molecular weight excluding hydrogens is 267 g/mol. The lowest BCUT2D eigenvalue weighted by Crippen LogP contribution is -2.34. The van der Waals surface area contributed by atoms with Gasteiger partial charge >= 0.3 is 6.18 Å². The van der Waals surface area contributed by atoms with Crippen molar-refractivity contribution in [2.75, 3.05) is 13.7 Å². The van der Waals surface area contributed by atoms with Crippen LogP contribution in [0.5, 0.6) is 0 Å². The van der Waals surface area contributed by atoms with Crippen LogP contribution in [0.2, 0.25) is 0 Å². The molecular formula is C15H20F3NO. The Hall–Kier alpha value is -1.07. The molecule has 2 nitrogen and oxygen atoms in total. The molecule has 1 saturated carbocycles. The minimum Gasteiger partial charge on any atom is -0.379 e. The number of likely N-dealkylation sites (N-methyl/N-ethyl adjacent to an activating group) is 1. The van der Waals surface area contributed by atoms with Crippen molar-refractivity contribution in [2.45, 2.75) is 38.1 Å².